The van der Waals surface area contributed by atoms with E-state index < -0.39 is 17.7 Å². The van der Waals surface area contributed by atoms with Gasteiger partial charge in [-0.05, 0) is 30.0 Å². The van der Waals surface area contributed by atoms with Gasteiger partial charge in [0.25, 0.3) is 0 Å². The minimum Gasteiger partial charge on any atom is -0.388 e. The maximum atomic E-state index is 13.0. The molecule has 0 aliphatic heterocycles. The minimum absolute atomic E-state index is 0.481. The number of hydrogen-bond donors (Lipinski definition) is 1. The fraction of sp³-hybridized carbons (Fsp3) is 0.571. The monoisotopic (exact) mass is 240 g/mol. The molecule has 1 aromatic rings. The molecule has 0 radical (unpaired) electrons. The number of benzene rings is 1. The Labute approximate surface area is 100 Å². The Kier molecular flexibility index (Phi) is 4.11. The predicted molar refractivity (Wildman–Crippen MR) is 62.5 cm³/mol. The second-order valence-electron chi connectivity index (χ2n) is 4.93. The van der Waals surface area contributed by atoms with Crippen LogP contribution in [0, 0.1) is 17.6 Å². The summed E-state index contributed by atoms with van der Waals surface area (Å²) in [7, 11) is 0. The summed E-state index contributed by atoms with van der Waals surface area (Å²) >= 11 is 0. The highest BCUT2D eigenvalue weighted by molar-refractivity contribution is 5.20. The smallest absolute Gasteiger partial charge is 0.159 e. The van der Waals surface area contributed by atoms with E-state index in [0.29, 0.717) is 17.9 Å². The van der Waals surface area contributed by atoms with Crippen LogP contribution in [0.2, 0.25) is 0 Å². The normalized spacial score (nSPS) is 19.2. The first-order valence-electron chi connectivity index (χ1n) is 6.30. The van der Waals surface area contributed by atoms with Crippen molar-refractivity contribution in [1.82, 2.24) is 0 Å². The predicted octanol–water partition coefficient (Wildman–Crippen LogP) is 3.97. The number of aliphatic hydroxyl groups is 1. The second-order valence-corrected chi connectivity index (χ2v) is 4.93. The molecule has 1 aliphatic carbocycles. The lowest BCUT2D eigenvalue weighted by Gasteiger charge is -2.24. The molecule has 1 atom stereocenters. The number of hydrogen-bond acceptors (Lipinski definition) is 1. The molecule has 94 valence electrons. The first-order valence-corrected chi connectivity index (χ1v) is 6.30. The fourth-order valence-corrected chi connectivity index (χ4v) is 2.59. The number of aliphatic hydroxyl groups excluding tert-OH is 1. The summed E-state index contributed by atoms with van der Waals surface area (Å²) in [5.41, 5.74) is 0.481. The highest BCUT2D eigenvalue weighted by Crippen LogP contribution is 2.32. The molecule has 1 aliphatic rings. The molecule has 0 spiro atoms. The highest BCUT2D eigenvalue weighted by Gasteiger charge is 2.19. The quantitative estimate of drug-likeness (QED) is 0.847. The van der Waals surface area contributed by atoms with Crippen LogP contribution in [0.5, 0.6) is 0 Å². The van der Waals surface area contributed by atoms with Crippen molar-refractivity contribution in [3.05, 3.63) is 35.4 Å². The molecule has 0 amide bonds. The Bertz CT molecular complexity index is 372. The second kappa shape index (κ2) is 5.58. The van der Waals surface area contributed by atoms with Crippen molar-refractivity contribution in [3.8, 4) is 0 Å². The van der Waals surface area contributed by atoms with Gasteiger partial charge in [0.05, 0.1) is 6.10 Å². The molecule has 1 aromatic carbocycles. The van der Waals surface area contributed by atoms with E-state index in [9.17, 15) is 13.9 Å². The first kappa shape index (κ1) is 12.5. The van der Waals surface area contributed by atoms with Gasteiger partial charge in [-0.15, -0.1) is 0 Å². The zero-order chi connectivity index (χ0) is 12.3. The van der Waals surface area contributed by atoms with Crippen LogP contribution < -0.4 is 0 Å². The van der Waals surface area contributed by atoms with Crippen LogP contribution >= 0.6 is 0 Å². The fourth-order valence-electron chi connectivity index (χ4n) is 2.59. The largest absolute Gasteiger partial charge is 0.388 e. The molecule has 1 N–H and O–H groups in total. The summed E-state index contributed by atoms with van der Waals surface area (Å²) in [6.45, 7) is 0. The summed E-state index contributed by atoms with van der Waals surface area (Å²) < 4.78 is 25.8. The van der Waals surface area contributed by atoms with Crippen molar-refractivity contribution in [3.63, 3.8) is 0 Å². The third-order valence-corrected chi connectivity index (χ3v) is 3.61. The molecule has 1 fully saturated rings. The average molecular weight is 240 g/mol. The molecule has 0 heterocycles. The van der Waals surface area contributed by atoms with Crippen LogP contribution in [0.3, 0.4) is 0 Å². The van der Waals surface area contributed by atoms with Gasteiger partial charge in [0, 0.05) is 0 Å². The molecule has 2 rings (SSSR count). The molecule has 17 heavy (non-hydrogen) atoms. The summed E-state index contributed by atoms with van der Waals surface area (Å²) in [5.74, 6) is -1.23. The summed E-state index contributed by atoms with van der Waals surface area (Å²) in [4.78, 5) is 0. The van der Waals surface area contributed by atoms with Gasteiger partial charge in [0.2, 0.25) is 0 Å². The number of halogens is 2. The van der Waals surface area contributed by atoms with Gasteiger partial charge in [0.1, 0.15) is 0 Å². The first-order chi connectivity index (χ1) is 8.16. The van der Waals surface area contributed by atoms with Crippen molar-refractivity contribution in [2.75, 3.05) is 0 Å². The molecule has 1 unspecified atom stereocenters. The molecule has 0 saturated heterocycles. The van der Waals surface area contributed by atoms with E-state index in [1.54, 1.807) is 0 Å². The van der Waals surface area contributed by atoms with Crippen molar-refractivity contribution in [2.24, 2.45) is 5.92 Å². The Morgan fingerprint density at radius 2 is 1.82 bits per heavy atom. The van der Waals surface area contributed by atoms with Gasteiger partial charge in [-0.1, -0.05) is 38.2 Å². The van der Waals surface area contributed by atoms with Gasteiger partial charge in [-0.3, -0.25) is 0 Å². The lowest BCUT2D eigenvalue weighted by atomic mass is 9.84. The lowest BCUT2D eigenvalue weighted by molar-refractivity contribution is 0.131. The Morgan fingerprint density at radius 3 is 2.47 bits per heavy atom. The van der Waals surface area contributed by atoms with E-state index in [0.717, 1.165) is 25.0 Å². The van der Waals surface area contributed by atoms with Gasteiger partial charge < -0.3 is 5.11 Å². The van der Waals surface area contributed by atoms with Gasteiger partial charge >= 0.3 is 0 Å². The molecule has 3 heteroatoms. The van der Waals surface area contributed by atoms with E-state index in [2.05, 4.69) is 0 Å². The molecular formula is C14H18F2O. The Morgan fingerprint density at radius 1 is 1.12 bits per heavy atom. The standard InChI is InChI=1S/C14H18F2O/c15-12-7-6-11(9-13(12)16)14(17)8-10-4-2-1-3-5-10/h6-7,9-10,14,17H,1-5,8H2. The molecule has 0 aromatic heterocycles. The molecule has 1 saturated carbocycles. The lowest BCUT2D eigenvalue weighted by Crippen LogP contribution is -2.11. The van der Waals surface area contributed by atoms with Crippen LogP contribution in [-0.2, 0) is 0 Å². The Balaban J connectivity index is 1.98. The van der Waals surface area contributed by atoms with Crippen molar-refractivity contribution < 1.29 is 13.9 Å². The van der Waals surface area contributed by atoms with Gasteiger partial charge in [0.15, 0.2) is 11.6 Å². The maximum Gasteiger partial charge on any atom is 0.159 e. The third kappa shape index (κ3) is 3.25. The van der Waals surface area contributed by atoms with E-state index in [-0.39, 0.29) is 0 Å². The summed E-state index contributed by atoms with van der Waals surface area (Å²) in [5, 5.41) is 10.00. The van der Waals surface area contributed by atoms with Crippen molar-refractivity contribution >= 4 is 0 Å². The van der Waals surface area contributed by atoms with Gasteiger partial charge in [-0.25, -0.2) is 8.78 Å². The van der Waals surface area contributed by atoms with E-state index in [4.69, 9.17) is 0 Å². The van der Waals surface area contributed by atoms with Crippen LogP contribution in [0.4, 0.5) is 8.78 Å². The molecule has 1 nitrogen and oxygen atoms in total. The maximum absolute atomic E-state index is 13.0. The molecular weight excluding hydrogens is 222 g/mol. The topological polar surface area (TPSA) is 20.2 Å². The number of rotatable bonds is 3. The van der Waals surface area contributed by atoms with Crippen LogP contribution in [0.25, 0.3) is 0 Å². The van der Waals surface area contributed by atoms with E-state index in [1.165, 1.54) is 25.3 Å². The van der Waals surface area contributed by atoms with E-state index >= 15 is 0 Å². The van der Waals surface area contributed by atoms with Crippen molar-refractivity contribution in [2.45, 2.75) is 44.6 Å². The summed E-state index contributed by atoms with van der Waals surface area (Å²) in [6, 6.07) is 3.64. The summed E-state index contributed by atoms with van der Waals surface area (Å²) in [6.07, 6.45) is 5.97. The third-order valence-electron chi connectivity index (χ3n) is 3.61. The van der Waals surface area contributed by atoms with Gasteiger partial charge in [-0.2, -0.15) is 0 Å². The van der Waals surface area contributed by atoms with Crippen LogP contribution in [0.1, 0.15) is 50.2 Å². The van der Waals surface area contributed by atoms with Crippen molar-refractivity contribution in [1.29, 1.82) is 0 Å². The zero-order valence-corrected chi connectivity index (χ0v) is 9.83. The highest BCUT2D eigenvalue weighted by atomic mass is 19.2. The SMILES string of the molecule is OC(CC1CCCCC1)c1ccc(F)c(F)c1. The minimum atomic E-state index is -0.884. The van der Waals surface area contributed by atoms with E-state index in [1.807, 2.05) is 0 Å². The molecule has 0 bridgehead atoms. The zero-order valence-electron chi connectivity index (χ0n) is 9.83. The average Bonchev–Trinajstić information content (AvgIpc) is 2.34. The Hall–Kier alpha value is -0.960. The van der Waals surface area contributed by atoms with Crippen LogP contribution in [0.15, 0.2) is 18.2 Å². The van der Waals surface area contributed by atoms with Crippen LogP contribution in [-0.4, -0.2) is 5.11 Å².